The Kier molecular flexibility index (Phi) is 6.65. The van der Waals surface area contributed by atoms with Crippen LogP contribution in [0.25, 0.3) is 16.7 Å². The van der Waals surface area contributed by atoms with E-state index in [0.717, 1.165) is 17.5 Å². The Morgan fingerprint density at radius 1 is 1.15 bits per heavy atom. The molecule has 0 saturated carbocycles. The van der Waals surface area contributed by atoms with E-state index in [1.54, 1.807) is 17.7 Å². The third kappa shape index (κ3) is 4.52. The number of methoxy groups -OCH3 is 1. The highest BCUT2D eigenvalue weighted by molar-refractivity contribution is 7.99. The minimum atomic E-state index is -0.183. The van der Waals surface area contributed by atoms with Crippen LogP contribution in [0.5, 0.6) is 5.75 Å². The molecule has 8 nitrogen and oxygen atoms in total. The van der Waals surface area contributed by atoms with Gasteiger partial charge in [0.15, 0.2) is 5.16 Å². The van der Waals surface area contributed by atoms with E-state index in [2.05, 4.69) is 36.3 Å². The van der Waals surface area contributed by atoms with Gasteiger partial charge in [0.1, 0.15) is 5.75 Å². The van der Waals surface area contributed by atoms with Gasteiger partial charge in [-0.3, -0.25) is 18.6 Å². The summed E-state index contributed by atoms with van der Waals surface area (Å²) in [5.41, 5.74) is 2.31. The van der Waals surface area contributed by atoms with E-state index < -0.39 is 0 Å². The van der Waals surface area contributed by atoms with Crippen molar-refractivity contribution in [3.8, 4) is 5.75 Å². The summed E-state index contributed by atoms with van der Waals surface area (Å²) in [5, 5.41) is 12.7. The molecule has 0 fully saturated rings. The number of fused-ring (bicyclic) bond motifs is 3. The lowest BCUT2D eigenvalue weighted by molar-refractivity contribution is -0.113. The number of ether oxygens (including phenoxy) is 1. The van der Waals surface area contributed by atoms with E-state index >= 15 is 0 Å². The van der Waals surface area contributed by atoms with Crippen LogP contribution in [0.2, 0.25) is 0 Å². The smallest absolute Gasteiger partial charge is 0.262 e. The van der Waals surface area contributed by atoms with Crippen molar-refractivity contribution >= 4 is 40.0 Å². The Balaban J connectivity index is 1.63. The van der Waals surface area contributed by atoms with E-state index in [1.165, 1.54) is 11.8 Å². The Labute approximate surface area is 202 Å². The van der Waals surface area contributed by atoms with Crippen LogP contribution >= 0.6 is 11.8 Å². The van der Waals surface area contributed by atoms with Crippen molar-refractivity contribution in [1.29, 1.82) is 0 Å². The van der Waals surface area contributed by atoms with Crippen LogP contribution < -0.4 is 15.6 Å². The van der Waals surface area contributed by atoms with Crippen LogP contribution in [-0.2, 0) is 16.8 Å². The molecular formula is C25H29N5O3S. The molecule has 4 rings (SSSR count). The number of hydrogen-bond donors (Lipinski definition) is 1. The molecule has 0 radical (unpaired) electrons. The molecule has 0 unspecified atom stereocenters. The molecule has 2 aromatic heterocycles. The molecule has 0 aliphatic rings. The maximum atomic E-state index is 13.0. The average molecular weight is 480 g/mol. The fraction of sp³-hybridized carbons (Fsp3) is 0.360. The quantitative estimate of drug-likeness (QED) is 0.393. The van der Waals surface area contributed by atoms with Crippen LogP contribution in [0.1, 0.15) is 39.7 Å². The van der Waals surface area contributed by atoms with E-state index in [9.17, 15) is 9.59 Å². The zero-order valence-corrected chi connectivity index (χ0v) is 20.9. The second-order valence-electron chi connectivity index (χ2n) is 9.09. The summed E-state index contributed by atoms with van der Waals surface area (Å²) in [6, 6.07) is 13.2. The Morgan fingerprint density at radius 3 is 2.62 bits per heavy atom. The van der Waals surface area contributed by atoms with E-state index in [4.69, 9.17) is 4.74 Å². The van der Waals surface area contributed by atoms with Gasteiger partial charge in [-0.05, 0) is 41.7 Å². The second kappa shape index (κ2) is 9.50. The highest BCUT2D eigenvalue weighted by atomic mass is 32.2. The first-order valence-electron chi connectivity index (χ1n) is 11.2. The zero-order chi connectivity index (χ0) is 24.5. The monoisotopic (exact) mass is 479 g/mol. The Morgan fingerprint density at radius 2 is 1.91 bits per heavy atom. The summed E-state index contributed by atoms with van der Waals surface area (Å²) in [7, 11) is 1.58. The Hall–Kier alpha value is -3.33. The first-order chi connectivity index (χ1) is 16.2. The van der Waals surface area contributed by atoms with Crippen molar-refractivity contribution in [2.75, 3.05) is 18.2 Å². The van der Waals surface area contributed by atoms with Crippen molar-refractivity contribution in [1.82, 2.24) is 19.2 Å². The lowest BCUT2D eigenvalue weighted by Gasteiger charge is -2.21. The van der Waals surface area contributed by atoms with E-state index in [1.807, 2.05) is 47.7 Å². The van der Waals surface area contributed by atoms with Crippen molar-refractivity contribution in [3.05, 3.63) is 58.4 Å². The van der Waals surface area contributed by atoms with Gasteiger partial charge in [-0.1, -0.05) is 57.7 Å². The molecule has 0 bridgehead atoms. The topological polar surface area (TPSA) is 90.5 Å². The SMILES string of the molecule is CCCn1c(=O)c2ccccc2n2c(SCC(=O)Nc3cc(C(C)(C)C)ccc3OC)nnc12. The molecule has 1 N–H and O–H groups in total. The predicted molar refractivity (Wildman–Crippen MR) is 136 cm³/mol. The number of anilines is 1. The summed E-state index contributed by atoms with van der Waals surface area (Å²) in [5.74, 6) is 1.03. The summed E-state index contributed by atoms with van der Waals surface area (Å²) >= 11 is 1.28. The first-order valence-corrected chi connectivity index (χ1v) is 12.2. The average Bonchev–Trinajstić information content (AvgIpc) is 3.24. The van der Waals surface area contributed by atoms with Gasteiger partial charge in [-0.15, -0.1) is 10.2 Å². The minimum Gasteiger partial charge on any atom is -0.495 e. The molecule has 178 valence electrons. The van der Waals surface area contributed by atoms with Gasteiger partial charge in [0.25, 0.3) is 5.56 Å². The number of para-hydroxylation sites is 1. The van der Waals surface area contributed by atoms with Gasteiger partial charge >= 0.3 is 0 Å². The summed E-state index contributed by atoms with van der Waals surface area (Å²) in [6.45, 7) is 8.91. The number of carbonyl (C=O) groups is 1. The molecule has 2 aromatic carbocycles. The molecule has 4 aromatic rings. The lowest BCUT2D eigenvalue weighted by Crippen LogP contribution is -2.23. The van der Waals surface area contributed by atoms with Crippen molar-refractivity contribution in [2.45, 2.75) is 51.2 Å². The van der Waals surface area contributed by atoms with Gasteiger partial charge in [0, 0.05) is 6.54 Å². The number of carbonyl (C=O) groups excluding carboxylic acids is 1. The maximum absolute atomic E-state index is 13.0. The van der Waals surface area contributed by atoms with E-state index in [-0.39, 0.29) is 22.6 Å². The molecular weight excluding hydrogens is 450 g/mol. The van der Waals surface area contributed by atoms with Crippen LogP contribution in [0.4, 0.5) is 5.69 Å². The summed E-state index contributed by atoms with van der Waals surface area (Å²) in [6.07, 6.45) is 0.793. The molecule has 0 saturated heterocycles. The van der Waals surface area contributed by atoms with Crippen LogP contribution in [0, 0.1) is 0 Å². The standard InChI is InChI=1S/C25H29N5O3S/c1-6-13-29-22(32)17-9-7-8-10-19(17)30-23(29)27-28-24(30)34-15-21(31)26-18-14-16(25(2,3)4)11-12-20(18)33-5/h7-12,14H,6,13,15H2,1-5H3,(H,26,31). The number of benzene rings is 2. The second-order valence-corrected chi connectivity index (χ2v) is 10.0. The van der Waals surface area contributed by atoms with Gasteiger partial charge in [-0.2, -0.15) is 0 Å². The molecule has 9 heteroatoms. The molecule has 34 heavy (non-hydrogen) atoms. The Bertz CT molecular complexity index is 1420. The predicted octanol–water partition coefficient (Wildman–Crippen LogP) is 4.49. The third-order valence-electron chi connectivity index (χ3n) is 5.60. The van der Waals surface area contributed by atoms with Crippen LogP contribution in [0.3, 0.4) is 0 Å². The van der Waals surface area contributed by atoms with Crippen LogP contribution in [-0.4, -0.2) is 37.9 Å². The molecule has 0 spiro atoms. The highest BCUT2D eigenvalue weighted by Gasteiger charge is 2.19. The van der Waals surface area contributed by atoms with Crippen molar-refractivity contribution < 1.29 is 9.53 Å². The molecule has 1 amide bonds. The van der Waals surface area contributed by atoms with Gasteiger partial charge in [0.05, 0.1) is 29.5 Å². The summed E-state index contributed by atoms with van der Waals surface area (Å²) < 4.78 is 8.93. The van der Waals surface area contributed by atoms with Gasteiger partial charge < -0.3 is 10.1 Å². The third-order valence-corrected chi connectivity index (χ3v) is 6.53. The number of nitrogens with one attached hydrogen (secondary N) is 1. The lowest BCUT2D eigenvalue weighted by atomic mass is 9.87. The minimum absolute atomic E-state index is 0.0593. The largest absolute Gasteiger partial charge is 0.495 e. The summed E-state index contributed by atoms with van der Waals surface area (Å²) in [4.78, 5) is 25.8. The fourth-order valence-corrected chi connectivity index (χ4v) is 4.58. The number of aromatic nitrogens is 4. The molecule has 0 atom stereocenters. The number of thioether (sulfide) groups is 1. The maximum Gasteiger partial charge on any atom is 0.262 e. The van der Waals surface area contributed by atoms with Crippen LogP contribution in [0.15, 0.2) is 52.4 Å². The van der Waals surface area contributed by atoms with Crippen molar-refractivity contribution in [2.24, 2.45) is 0 Å². The number of rotatable bonds is 7. The highest BCUT2D eigenvalue weighted by Crippen LogP contribution is 2.31. The van der Waals surface area contributed by atoms with Crippen molar-refractivity contribution in [3.63, 3.8) is 0 Å². The molecule has 0 aliphatic heterocycles. The number of hydrogen-bond acceptors (Lipinski definition) is 6. The number of aryl methyl sites for hydroxylation is 1. The van der Waals surface area contributed by atoms with Gasteiger partial charge in [0.2, 0.25) is 11.7 Å². The zero-order valence-electron chi connectivity index (χ0n) is 20.1. The van der Waals surface area contributed by atoms with Gasteiger partial charge in [-0.25, -0.2) is 0 Å². The fourth-order valence-electron chi connectivity index (χ4n) is 3.84. The molecule has 2 heterocycles. The molecule has 0 aliphatic carbocycles. The number of nitrogens with zero attached hydrogens (tertiary/aromatic N) is 4. The first kappa shape index (κ1) is 23.8. The number of amides is 1. The normalized spacial score (nSPS) is 11.8. The van der Waals surface area contributed by atoms with E-state index in [0.29, 0.717) is 34.3 Å².